The van der Waals surface area contributed by atoms with E-state index < -0.39 is 0 Å². The fraction of sp³-hybridized carbons (Fsp3) is 0.795. The summed E-state index contributed by atoms with van der Waals surface area (Å²) in [6.45, 7) is 7.30. The van der Waals surface area contributed by atoms with Gasteiger partial charge in [-0.05, 0) is 119 Å². The van der Waals surface area contributed by atoms with E-state index in [0.29, 0.717) is 12.7 Å². The molecule has 3 aliphatic carbocycles. The number of hydrogen-bond donors (Lipinski definition) is 0. The van der Waals surface area contributed by atoms with Crippen molar-refractivity contribution in [3.8, 4) is 5.75 Å². The second kappa shape index (κ2) is 21.5. The van der Waals surface area contributed by atoms with Crippen LogP contribution < -0.4 is 4.74 Å². The van der Waals surface area contributed by atoms with Crippen LogP contribution in [-0.2, 0) is 25.9 Å². The van der Waals surface area contributed by atoms with Crippen LogP contribution in [0.5, 0.6) is 5.75 Å². The van der Waals surface area contributed by atoms with Crippen molar-refractivity contribution in [3.05, 3.63) is 42.7 Å². The van der Waals surface area contributed by atoms with E-state index in [-0.39, 0.29) is 6.10 Å². The molecule has 4 rings (SSSR count). The molecule has 0 aromatic heterocycles. The van der Waals surface area contributed by atoms with Crippen LogP contribution in [-0.4, -0.2) is 39.1 Å². The summed E-state index contributed by atoms with van der Waals surface area (Å²) in [5.74, 6) is 5.10. The van der Waals surface area contributed by atoms with Crippen molar-refractivity contribution in [1.29, 1.82) is 0 Å². The predicted octanol–water partition coefficient (Wildman–Crippen LogP) is 10.4. The van der Waals surface area contributed by atoms with Gasteiger partial charge in [0.15, 0.2) is 0 Å². The average molecular weight is 613 g/mol. The standard InChI is InChI=1S/C39H64O5/c1-32-12-18-35(19-13-32)36-20-26-39(27-21-36)44-43-31-34-16-24-38(25-17-34)42-29-9-4-3-7-11-33-14-22-37(23-15-33)41-30-10-6-5-8-28-40-2/h16-17,24-25,33,35-37,39H,1,3-15,18-23,26-31H2,2H3. The van der Waals surface area contributed by atoms with Crippen molar-refractivity contribution in [1.82, 2.24) is 0 Å². The molecule has 3 saturated carbocycles. The normalized spacial score (nSPS) is 24.9. The van der Waals surface area contributed by atoms with Crippen LogP contribution in [0.4, 0.5) is 0 Å². The van der Waals surface area contributed by atoms with Gasteiger partial charge >= 0.3 is 0 Å². The molecule has 0 unspecified atom stereocenters. The van der Waals surface area contributed by atoms with Crippen LogP contribution in [0.2, 0.25) is 0 Å². The highest BCUT2D eigenvalue weighted by Crippen LogP contribution is 2.41. The molecule has 0 N–H and O–H groups in total. The molecule has 0 spiro atoms. The third kappa shape index (κ3) is 14.0. The van der Waals surface area contributed by atoms with E-state index in [1.165, 1.54) is 121 Å². The molecule has 3 aliphatic rings. The third-order valence-electron chi connectivity index (χ3n) is 10.6. The van der Waals surface area contributed by atoms with Crippen molar-refractivity contribution in [2.75, 3.05) is 26.9 Å². The Kier molecular flexibility index (Phi) is 17.4. The number of ether oxygens (including phenoxy) is 3. The van der Waals surface area contributed by atoms with E-state index in [1.807, 2.05) is 0 Å². The number of benzene rings is 1. The van der Waals surface area contributed by atoms with Crippen LogP contribution >= 0.6 is 0 Å². The smallest absolute Gasteiger partial charge is 0.119 e. The molecule has 0 atom stereocenters. The first kappa shape index (κ1) is 35.6. The Morgan fingerprint density at radius 1 is 0.659 bits per heavy atom. The Morgan fingerprint density at radius 2 is 1.27 bits per heavy atom. The van der Waals surface area contributed by atoms with E-state index in [4.69, 9.17) is 24.0 Å². The lowest BCUT2D eigenvalue weighted by atomic mass is 9.71. The van der Waals surface area contributed by atoms with E-state index in [0.717, 1.165) is 68.1 Å². The van der Waals surface area contributed by atoms with E-state index in [9.17, 15) is 0 Å². The van der Waals surface area contributed by atoms with Crippen LogP contribution in [0, 0.1) is 30.6 Å². The fourth-order valence-electron chi connectivity index (χ4n) is 7.67. The van der Waals surface area contributed by atoms with Gasteiger partial charge in [-0.15, -0.1) is 6.92 Å². The third-order valence-corrected chi connectivity index (χ3v) is 10.6. The van der Waals surface area contributed by atoms with E-state index in [2.05, 4.69) is 31.2 Å². The number of hydrogen-bond acceptors (Lipinski definition) is 5. The Morgan fingerprint density at radius 3 is 1.98 bits per heavy atom. The molecular weight excluding hydrogens is 548 g/mol. The Bertz CT molecular complexity index is 819. The van der Waals surface area contributed by atoms with Gasteiger partial charge in [0.2, 0.25) is 0 Å². The first-order valence-corrected chi connectivity index (χ1v) is 18.5. The van der Waals surface area contributed by atoms with Gasteiger partial charge in [0.25, 0.3) is 0 Å². The van der Waals surface area contributed by atoms with Crippen LogP contribution in [0.3, 0.4) is 0 Å². The summed E-state index contributed by atoms with van der Waals surface area (Å²) in [7, 11) is 1.78. The van der Waals surface area contributed by atoms with Gasteiger partial charge in [-0.3, -0.25) is 0 Å². The second-order valence-electron chi connectivity index (χ2n) is 14.1. The maximum Gasteiger partial charge on any atom is 0.119 e. The number of unbranched alkanes of at least 4 members (excludes halogenated alkanes) is 6. The van der Waals surface area contributed by atoms with Gasteiger partial charge < -0.3 is 14.2 Å². The average Bonchev–Trinajstić information content (AvgIpc) is 3.06. The summed E-state index contributed by atoms with van der Waals surface area (Å²) >= 11 is 0. The highest BCUT2D eigenvalue weighted by molar-refractivity contribution is 5.26. The van der Waals surface area contributed by atoms with Crippen LogP contribution in [0.25, 0.3) is 0 Å². The van der Waals surface area contributed by atoms with Crippen molar-refractivity contribution < 1.29 is 24.0 Å². The Hall–Kier alpha value is -1.27. The fourth-order valence-corrected chi connectivity index (χ4v) is 7.67. The summed E-state index contributed by atoms with van der Waals surface area (Å²) in [5, 5.41) is 0. The summed E-state index contributed by atoms with van der Waals surface area (Å²) in [6, 6.07) is 8.31. The molecule has 0 aliphatic heterocycles. The molecule has 5 nitrogen and oxygen atoms in total. The van der Waals surface area contributed by atoms with Crippen LogP contribution in [0.15, 0.2) is 24.3 Å². The van der Waals surface area contributed by atoms with Crippen molar-refractivity contribution in [3.63, 3.8) is 0 Å². The lowest BCUT2D eigenvalue weighted by Gasteiger charge is -2.35. The first-order chi connectivity index (χ1) is 21.7. The minimum absolute atomic E-state index is 0.249. The summed E-state index contributed by atoms with van der Waals surface area (Å²) in [5.41, 5.74) is 1.13. The second-order valence-corrected chi connectivity index (χ2v) is 14.1. The molecule has 250 valence electrons. The maximum atomic E-state index is 6.15. The lowest BCUT2D eigenvalue weighted by molar-refractivity contribution is -0.338. The van der Waals surface area contributed by atoms with Gasteiger partial charge in [-0.25, -0.2) is 9.78 Å². The molecular formula is C39H64O5. The topological polar surface area (TPSA) is 46.2 Å². The largest absolute Gasteiger partial charge is 0.494 e. The minimum atomic E-state index is 0.249. The molecule has 0 saturated heterocycles. The highest BCUT2D eigenvalue weighted by Gasteiger charge is 2.32. The molecule has 1 aromatic carbocycles. The van der Waals surface area contributed by atoms with Crippen molar-refractivity contribution in [2.45, 2.75) is 154 Å². The molecule has 0 bridgehead atoms. The van der Waals surface area contributed by atoms with Crippen molar-refractivity contribution in [2.24, 2.45) is 17.8 Å². The highest BCUT2D eigenvalue weighted by atomic mass is 17.2. The summed E-state index contributed by atoms with van der Waals surface area (Å²) in [6.07, 6.45) is 27.3. The van der Waals surface area contributed by atoms with Gasteiger partial charge in [-0.1, -0.05) is 56.6 Å². The van der Waals surface area contributed by atoms with E-state index in [1.54, 1.807) is 7.11 Å². The summed E-state index contributed by atoms with van der Waals surface area (Å²) < 4.78 is 17.3. The van der Waals surface area contributed by atoms with E-state index >= 15 is 0 Å². The molecule has 3 fully saturated rings. The quantitative estimate of drug-likeness (QED) is 0.0598. The lowest BCUT2D eigenvalue weighted by Crippen LogP contribution is -2.28. The van der Waals surface area contributed by atoms with Gasteiger partial charge in [-0.2, -0.15) is 0 Å². The molecule has 1 aromatic rings. The molecule has 5 heteroatoms. The Balaban J connectivity index is 0.932. The monoisotopic (exact) mass is 612 g/mol. The number of methoxy groups -OCH3 is 1. The summed E-state index contributed by atoms with van der Waals surface area (Å²) in [4.78, 5) is 11.5. The molecule has 0 radical (unpaired) electrons. The molecule has 44 heavy (non-hydrogen) atoms. The van der Waals surface area contributed by atoms with Crippen LogP contribution in [0.1, 0.15) is 140 Å². The number of rotatable bonds is 21. The molecule has 0 amide bonds. The zero-order chi connectivity index (χ0) is 30.7. The SMILES string of the molecule is [CH2-][C+]1CCC(C2CCC(OOCc3ccc(OCCCCCCC4CCC(OCCCCCCOC)CC4)cc3)CC2)CC1. The minimum Gasteiger partial charge on any atom is -0.494 e. The van der Waals surface area contributed by atoms with Gasteiger partial charge in [0.1, 0.15) is 12.4 Å². The zero-order valence-corrected chi connectivity index (χ0v) is 28.1. The predicted molar refractivity (Wildman–Crippen MR) is 179 cm³/mol. The first-order valence-electron chi connectivity index (χ1n) is 18.5. The van der Waals surface area contributed by atoms with Gasteiger partial charge in [0.05, 0.1) is 31.7 Å². The maximum absolute atomic E-state index is 6.15. The molecule has 0 heterocycles. The Labute approximate surface area is 270 Å². The van der Waals surface area contributed by atoms with Gasteiger partial charge in [0, 0.05) is 20.3 Å². The zero-order valence-electron chi connectivity index (χ0n) is 28.1. The van der Waals surface area contributed by atoms with Crippen molar-refractivity contribution >= 4 is 0 Å².